The van der Waals surface area contributed by atoms with Crippen LogP contribution in [0.4, 0.5) is 5.69 Å². The minimum absolute atomic E-state index is 0.0718. The number of hydrogen-bond donors (Lipinski definition) is 0. The minimum Gasteiger partial charge on any atom is -0.368 e. The molecule has 2 aromatic heterocycles. The zero-order valence-corrected chi connectivity index (χ0v) is 18.4. The van der Waals surface area contributed by atoms with Gasteiger partial charge >= 0.3 is 0 Å². The van der Waals surface area contributed by atoms with Crippen molar-refractivity contribution in [2.24, 2.45) is 0 Å². The van der Waals surface area contributed by atoms with Crippen LogP contribution in [0.1, 0.15) is 17.0 Å². The molecule has 0 atom stereocenters. The first-order valence-corrected chi connectivity index (χ1v) is 11.5. The standard InChI is InChI=1S/C24H23N5O2S/c30-22(28-13-11-27(12-14-28)19-9-5-2-6-10-19)16-20-17-32-24-25-23(31)21(26-29(20)24)15-18-7-3-1-4-8-18/h1-10,17H,11-16H2. The third-order valence-corrected chi connectivity index (χ3v) is 6.58. The lowest BCUT2D eigenvalue weighted by Crippen LogP contribution is -2.49. The number of carbonyl (C=O) groups excluding carboxylic acids is 1. The van der Waals surface area contributed by atoms with Crippen molar-refractivity contribution < 1.29 is 4.79 Å². The Kier molecular flexibility index (Phi) is 5.68. The molecule has 4 aromatic rings. The molecule has 32 heavy (non-hydrogen) atoms. The lowest BCUT2D eigenvalue weighted by atomic mass is 10.1. The van der Waals surface area contributed by atoms with Crippen molar-refractivity contribution in [2.45, 2.75) is 12.8 Å². The Bertz CT molecular complexity index is 1280. The van der Waals surface area contributed by atoms with Crippen LogP contribution < -0.4 is 10.5 Å². The van der Waals surface area contributed by atoms with E-state index in [2.05, 4.69) is 27.1 Å². The van der Waals surface area contributed by atoms with Gasteiger partial charge in [-0.2, -0.15) is 10.1 Å². The highest BCUT2D eigenvalue weighted by Gasteiger charge is 2.23. The number of para-hydroxylation sites is 1. The Hall–Kier alpha value is -3.52. The lowest BCUT2D eigenvalue weighted by molar-refractivity contribution is -0.130. The van der Waals surface area contributed by atoms with Crippen LogP contribution in [0.3, 0.4) is 0 Å². The second kappa shape index (κ2) is 8.92. The molecule has 5 rings (SSSR count). The molecule has 0 saturated carbocycles. The quantitative estimate of drug-likeness (QED) is 0.472. The van der Waals surface area contributed by atoms with E-state index in [9.17, 15) is 9.59 Å². The van der Waals surface area contributed by atoms with Crippen LogP contribution in [-0.2, 0) is 17.6 Å². The van der Waals surface area contributed by atoms with Gasteiger partial charge in [0.1, 0.15) is 5.69 Å². The van der Waals surface area contributed by atoms with Crippen LogP contribution in [-0.4, -0.2) is 51.6 Å². The average Bonchev–Trinajstić information content (AvgIpc) is 3.21. The smallest absolute Gasteiger partial charge is 0.296 e. The highest BCUT2D eigenvalue weighted by atomic mass is 32.1. The molecular weight excluding hydrogens is 422 g/mol. The zero-order chi connectivity index (χ0) is 21.9. The largest absolute Gasteiger partial charge is 0.368 e. The highest BCUT2D eigenvalue weighted by molar-refractivity contribution is 7.15. The summed E-state index contributed by atoms with van der Waals surface area (Å²) < 4.78 is 1.66. The van der Waals surface area contributed by atoms with Crippen LogP contribution in [0.2, 0.25) is 0 Å². The third kappa shape index (κ3) is 4.27. The van der Waals surface area contributed by atoms with Gasteiger partial charge in [0.2, 0.25) is 10.9 Å². The number of thiazole rings is 1. The van der Waals surface area contributed by atoms with E-state index in [0.29, 0.717) is 30.2 Å². The fraction of sp³-hybridized carbons (Fsp3) is 0.250. The van der Waals surface area contributed by atoms with Crippen LogP contribution in [0, 0.1) is 0 Å². The second-order valence-corrected chi connectivity index (χ2v) is 8.66. The number of benzene rings is 2. The summed E-state index contributed by atoms with van der Waals surface area (Å²) in [6.07, 6.45) is 0.661. The Labute approximate surface area is 189 Å². The van der Waals surface area contributed by atoms with Crippen molar-refractivity contribution in [3.8, 4) is 0 Å². The van der Waals surface area contributed by atoms with E-state index in [0.717, 1.165) is 24.3 Å². The molecule has 162 valence electrons. The molecule has 0 aliphatic carbocycles. The van der Waals surface area contributed by atoms with Gasteiger partial charge in [0, 0.05) is 43.7 Å². The molecule has 0 spiro atoms. The summed E-state index contributed by atoms with van der Waals surface area (Å²) in [5, 5.41) is 6.43. The Morgan fingerprint density at radius 3 is 2.34 bits per heavy atom. The first-order valence-electron chi connectivity index (χ1n) is 10.7. The van der Waals surface area contributed by atoms with Crippen LogP contribution >= 0.6 is 11.3 Å². The fourth-order valence-corrected chi connectivity index (χ4v) is 4.79. The van der Waals surface area contributed by atoms with E-state index in [1.807, 2.05) is 58.8 Å². The van der Waals surface area contributed by atoms with E-state index >= 15 is 0 Å². The van der Waals surface area contributed by atoms with Gasteiger partial charge in [-0.15, -0.1) is 11.3 Å². The SMILES string of the molecule is O=C(Cc1csc2nc(=O)c(Cc3ccccc3)nn12)N1CCN(c2ccccc2)CC1. The molecule has 3 heterocycles. The fourth-order valence-electron chi connectivity index (χ4n) is 3.98. The summed E-state index contributed by atoms with van der Waals surface area (Å²) in [4.78, 5) is 34.3. The van der Waals surface area contributed by atoms with E-state index in [4.69, 9.17) is 0 Å². The van der Waals surface area contributed by atoms with Crippen molar-refractivity contribution in [2.75, 3.05) is 31.1 Å². The molecular formula is C24H23N5O2S. The zero-order valence-electron chi connectivity index (χ0n) is 17.6. The van der Waals surface area contributed by atoms with Gasteiger partial charge in [0.15, 0.2) is 0 Å². The van der Waals surface area contributed by atoms with Crippen molar-refractivity contribution in [3.63, 3.8) is 0 Å². The lowest BCUT2D eigenvalue weighted by Gasteiger charge is -2.36. The predicted octanol–water partition coefficient (Wildman–Crippen LogP) is 2.63. The van der Waals surface area contributed by atoms with Gasteiger partial charge in [-0.1, -0.05) is 48.5 Å². The molecule has 0 bridgehead atoms. The minimum atomic E-state index is -0.314. The van der Waals surface area contributed by atoms with E-state index < -0.39 is 0 Å². The molecule has 0 unspecified atom stereocenters. The summed E-state index contributed by atoms with van der Waals surface area (Å²) >= 11 is 1.34. The Morgan fingerprint density at radius 1 is 0.938 bits per heavy atom. The first kappa shape index (κ1) is 20.4. The number of rotatable bonds is 5. The maximum Gasteiger partial charge on any atom is 0.296 e. The van der Waals surface area contributed by atoms with Crippen LogP contribution in [0.5, 0.6) is 0 Å². The summed E-state index contributed by atoms with van der Waals surface area (Å²) in [7, 11) is 0. The van der Waals surface area contributed by atoms with Gasteiger partial charge in [0.25, 0.3) is 5.56 Å². The molecule has 1 amide bonds. The molecule has 2 aromatic carbocycles. The molecule has 1 aliphatic heterocycles. The number of piperazine rings is 1. The predicted molar refractivity (Wildman–Crippen MR) is 125 cm³/mol. The third-order valence-electron chi connectivity index (χ3n) is 5.72. The molecule has 0 N–H and O–H groups in total. The van der Waals surface area contributed by atoms with Crippen LogP contribution in [0.15, 0.2) is 70.8 Å². The summed E-state index contributed by atoms with van der Waals surface area (Å²) in [6, 6.07) is 20.0. The highest BCUT2D eigenvalue weighted by Crippen LogP contribution is 2.18. The molecule has 1 fully saturated rings. The Morgan fingerprint density at radius 2 is 1.62 bits per heavy atom. The number of aromatic nitrogens is 3. The van der Waals surface area contributed by atoms with Crippen molar-refractivity contribution >= 4 is 27.9 Å². The molecule has 0 radical (unpaired) electrons. The summed E-state index contributed by atoms with van der Waals surface area (Å²) in [6.45, 7) is 3.01. The van der Waals surface area contributed by atoms with E-state index in [-0.39, 0.29) is 17.9 Å². The second-order valence-electron chi connectivity index (χ2n) is 7.83. The first-order chi connectivity index (χ1) is 15.7. The maximum absolute atomic E-state index is 13.0. The average molecular weight is 446 g/mol. The summed E-state index contributed by atoms with van der Waals surface area (Å²) in [5.41, 5.74) is 3.03. The maximum atomic E-state index is 13.0. The van der Waals surface area contributed by atoms with Gasteiger partial charge in [-0.25, -0.2) is 4.52 Å². The normalized spacial score (nSPS) is 14.1. The molecule has 7 nitrogen and oxygen atoms in total. The number of amides is 1. The number of fused-ring (bicyclic) bond motifs is 1. The Balaban J connectivity index is 1.29. The van der Waals surface area contributed by atoms with Gasteiger partial charge in [-0.3, -0.25) is 9.59 Å². The van der Waals surface area contributed by atoms with E-state index in [1.54, 1.807) is 4.52 Å². The van der Waals surface area contributed by atoms with Crippen molar-refractivity contribution in [3.05, 3.63) is 93.3 Å². The van der Waals surface area contributed by atoms with E-state index in [1.165, 1.54) is 17.0 Å². The number of anilines is 1. The number of hydrogen-bond acceptors (Lipinski definition) is 6. The number of nitrogens with zero attached hydrogens (tertiary/aromatic N) is 5. The molecule has 1 aliphatic rings. The van der Waals surface area contributed by atoms with Gasteiger partial charge in [0.05, 0.1) is 12.1 Å². The topological polar surface area (TPSA) is 70.8 Å². The monoisotopic (exact) mass is 445 g/mol. The van der Waals surface area contributed by atoms with Crippen molar-refractivity contribution in [1.29, 1.82) is 0 Å². The summed E-state index contributed by atoms with van der Waals surface area (Å²) in [5.74, 6) is 0.0718. The van der Waals surface area contributed by atoms with Crippen molar-refractivity contribution in [1.82, 2.24) is 19.5 Å². The van der Waals surface area contributed by atoms with Gasteiger partial charge < -0.3 is 9.80 Å². The molecule has 1 saturated heterocycles. The van der Waals surface area contributed by atoms with Gasteiger partial charge in [-0.05, 0) is 17.7 Å². The molecule has 8 heteroatoms. The van der Waals surface area contributed by atoms with Crippen LogP contribution in [0.25, 0.3) is 4.96 Å². The number of carbonyl (C=O) groups is 1.